The average Bonchev–Trinajstić information content (AvgIpc) is 2.96. The Morgan fingerprint density at radius 2 is 2.00 bits per heavy atom. The molecule has 44 heavy (non-hydrogen) atoms. The maximum absolute atomic E-state index is 12.2. The van der Waals surface area contributed by atoms with Crippen LogP contribution in [-0.4, -0.2) is 68.5 Å². The Morgan fingerprint density at radius 1 is 1.25 bits per heavy atom. The van der Waals surface area contributed by atoms with E-state index in [9.17, 15) is 34.2 Å². The molecule has 0 saturated heterocycles. The van der Waals surface area contributed by atoms with E-state index in [1.165, 1.54) is 24.3 Å². The Balaban J connectivity index is 2.04. The largest absolute Gasteiger partial charge is 0.469 e. The molecule has 1 heterocycles. The van der Waals surface area contributed by atoms with Gasteiger partial charge in [-0.1, -0.05) is 63.6 Å². The fourth-order valence-electron chi connectivity index (χ4n) is 5.46. The molecule has 0 unspecified atom stereocenters. The van der Waals surface area contributed by atoms with Crippen LogP contribution in [0.15, 0.2) is 48.6 Å². The van der Waals surface area contributed by atoms with E-state index in [1.54, 1.807) is 18.2 Å². The van der Waals surface area contributed by atoms with Gasteiger partial charge < -0.3 is 35.2 Å². The predicted octanol–water partition coefficient (Wildman–Crippen LogP) is 4.40. The van der Waals surface area contributed by atoms with Crippen molar-refractivity contribution in [3.8, 4) is 0 Å². The smallest absolute Gasteiger partial charge is 0.462 e. The summed E-state index contributed by atoms with van der Waals surface area (Å²) in [6, 6.07) is 0. The van der Waals surface area contributed by atoms with Gasteiger partial charge in [-0.2, -0.15) is 0 Å². The molecule has 0 spiro atoms. The highest BCUT2D eigenvalue weighted by molar-refractivity contribution is 7.46. The van der Waals surface area contributed by atoms with Crippen LogP contribution in [0.3, 0.4) is 0 Å². The number of ether oxygens (including phenoxy) is 2. The van der Waals surface area contributed by atoms with Gasteiger partial charge in [0, 0.05) is 24.8 Å². The van der Waals surface area contributed by atoms with Crippen LogP contribution in [0.25, 0.3) is 0 Å². The summed E-state index contributed by atoms with van der Waals surface area (Å²) in [7, 11) is -5.08. The van der Waals surface area contributed by atoms with Crippen molar-refractivity contribution in [3.63, 3.8) is 0 Å². The average molecular weight is 642 g/mol. The van der Waals surface area contributed by atoms with E-state index in [1.807, 2.05) is 13.0 Å². The lowest BCUT2D eigenvalue weighted by Crippen LogP contribution is -2.45. The number of aliphatic hydroxyl groups excluding tert-OH is 1. The van der Waals surface area contributed by atoms with Gasteiger partial charge in [0.05, 0.1) is 6.10 Å². The van der Waals surface area contributed by atoms with E-state index in [0.717, 1.165) is 38.5 Å². The highest BCUT2D eigenvalue weighted by Crippen LogP contribution is 2.42. The summed E-state index contributed by atoms with van der Waals surface area (Å²) >= 11 is 0. The number of hydrogen-bond donors (Lipinski definition) is 5. The van der Waals surface area contributed by atoms with Crippen LogP contribution in [0.2, 0.25) is 0 Å². The number of hydrogen-bond acceptors (Lipinski definition) is 9. The first kappa shape index (κ1) is 38.1. The Morgan fingerprint density at radius 3 is 2.66 bits per heavy atom. The molecule has 2 rings (SSSR count). The molecule has 250 valence electrons. The first-order chi connectivity index (χ1) is 20.8. The second-order valence-corrected chi connectivity index (χ2v) is 13.2. The normalized spacial score (nSPS) is 26.5. The minimum Gasteiger partial charge on any atom is -0.462 e. The molecular formula is C32H52NO10P. The third-order valence-electron chi connectivity index (χ3n) is 8.35. The third-order valence-corrected chi connectivity index (χ3v) is 8.88. The third kappa shape index (κ3) is 13.9. The van der Waals surface area contributed by atoms with E-state index < -0.39 is 37.7 Å². The molecule has 0 radical (unpaired) electrons. The Kier molecular flexibility index (Phi) is 16.2. The van der Waals surface area contributed by atoms with E-state index in [2.05, 4.69) is 13.8 Å². The Hall–Kier alpha value is -2.11. The molecule has 11 nitrogen and oxygen atoms in total. The number of phosphoric acid groups is 1. The van der Waals surface area contributed by atoms with Crippen LogP contribution in [-0.2, 0) is 28.2 Å². The van der Waals surface area contributed by atoms with Crippen molar-refractivity contribution in [2.24, 2.45) is 23.5 Å². The van der Waals surface area contributed by atoms with E-state index in [0.29, 0.717) is 18.8 Å². The summed E-state index contributed by atoms with van der Waals surface area (Å²) in [6.45, 7) is 6.09. The molecule has 12 heteroatoms. The lowest BCUT2D eigenvalue weighted by Gasteiger charge is -2.35. The van der Waals surface area contributed by atoms with Crippen LogP contribution in [0.1, 0.15) is 85.0 Å². The van der Waals surface area contributed by atoms with Crippen molar-refractivity contribution in [1.82, 2.24) is 0 Å². The Bertz CT molecular complexity index is 1070. The minimum absolute atomic E-state index is 0.0480. The fourth-order valence-corrected chi connectivity index (χ4v) is 6.06. The topological polar surface area (TPSA) is 186 Å². The van der Waals surface area contributed by atoms with Crippen LogP contribution >= 0.6 is 7.82 Å². The summed E-state index contributed by atoms with van der Waals surface area (Å²) in [5.41, 5.74) is 3.74. The van der Waals surface area contributed by atoms with Crippen LogP contribution in [0.4, 0.5) is 0 Å². The molecule has 0 aromatic heterocycles. The summed E-state index contributed by atoms with van der Waals surface area (Å²) in [6.07, 6.45) is 15.0. The number of aliphatic hydroxyl groups is 2. The molecular weight excluding hydrogens is 589 g/mol. The lowest BCUT2D eigenvalue weighted by molar-refractivity contribution is -0.151. The number of rotatable bonds is 18. The monoisotopic (exact) mass is 641 g/mol. The molecule has 1 fully saturated rings. The first-order valence-electron chi connectivity index (χ1n) is 15.8. The van der Waals surface area contributed by atoms with Gasteiger partial charge >= 0.3 is 19.8 Å². The molecule has 0 amide bonds. The quantitative estimate of drug-likeness (QED) is 0.0618. The van der Waals surface area contributed by atoms with E-state index in [-0.39, 0.29) is 43.3 Å². The second kappa shape index (κ2) is 18.8. The highest BCUT2D eigenvalue weighted by atomic mass is 31.2. The standard InChI is InChI=1S/C32H52NO10P/c1-4-23(3)13-15-30(35)41-27-12-8-10-24(21-27)9-6-7-11-26(34)22-29(43-44(38,39)40)32(37,19-20-33)18-17-28-25(5-2)14-16-31(36)42-28/h6-7,9,11,14,16-18,23-29,34,37H,4-5,8,10,12-13,15,19-22,33H2,1-3H3,(H2,38,39,40)/b9-6-,11-7-,18-17+/t23-,24-,25-,26-,27-,28+,29-,32+/m0/s1. The Labute approximate surface area is 261 Å². The highest BCUT2D eigenvalue weighted by Gasteiger charge is 2.40. The van der Waals surface area contributed by atoms with Crippen molar-refractivity contribution in [1.29, 1.82) is 0 Å². The molecule has 1 saturated carbocycles. The molecule has 6 N–H and O–H groups in total. The molecule has 1 aliphatic heterocycles. The zero-order valence-corrected chi connectivity index (χ0v) is 27.1. The van der Waals surface area contributed by atoms with Gasteiger partial charge in [-0.25, -0.2) is 9.36 Å². The fraction of sp³-hybridized carbons (Fsp3) is 0.688. The zero-order valence-electron chi connectivity index (χ0n) is 26.2. The van der Waals surface area contributed by atoms with Crippen molar-refractivity contribution in [2.45, 2.75) is 115 Å². The number of nitrogens with two attached hydrogens (primary N) is 1. The number of cyclic esters (lactones) is 1. The SMILES string of the molecule is CC[C@H](C)CCC(=O)O[C@H]1CCC[C@H](/C=C\C=C/[C@H](O)C[C@H](OP(=O)(O)O)[C@@](O)(/C=C/[C@H]2OC(=O)C=C[C@@H]2CC)CCN)C1. The van der Waals surface area contributed by atoms with Gasteiger partial charge in [0.15, 0.2) is 0 Å². The second-order valence-electron chi connectivity index (χ2n) is 12.0. The number of allylic oxidation sites excluding steroid dienone is 3. The molecule has 1 aliphatic carbocycles. The van der Waals surface area contributed by atoms with Gasteiger partial charge in [-0.15, -0.1) is 0 Å². The van der Waals surface area contributed by atoms with Gasteiger partial charge in [0.1, 0.15) is 23.9 Å². The van der Waals surface area contributed by atoms with Crippen LogP contribution in [0.5, 0.6) is 0 Å². The van der Waals surface area contributed by atoms with Crippen LogP contribution < -0.4 is 5.73 Å². The zero-order chi connectivity index (χ0) is 32.8. The predicted molar refractivity (Wildman–Crippen MR) is 167 cm³/mol. The first-order valence-corrected chi connectivity index (χ1v) is 17.3. The summed E-state index contributed by atoms with van der Waals surface area (Å²) in [5.74, 6) is -0.134. The van der Waals surface area contributed by atoms with Crippen molar-refractivity contribution in [2.75, 3.05) is 6.54 Å². The number of carbonyl (C=O) groups is 2. The maximum Gasteiger partial charge on any atom is 0.469 e. The number of carbonyl (C=O) groups excluding carboxylic acids is 2. The van der Waals surface area contributed by atoms with E-state index >= 15 is 0 Å². The van der Waals surface area contributed by atoms with Crippen molar-refractivity contribution >= 4 is 19.8 Å². The van der Waals surface area contributed by atoms with Crippen LogP contribution in [0, 0.1) is 17.8 Å². The van der Waals surface area contributed by atoms with Gasteiger partial charge in [-0.3, -0.25) is 9.32 Å². The number of esters is 2. The summed E-state index contributed by atoms with van der Waals surface area (Å²) in [4.78, 5) is 43.1. The summed E-state index contributed by atoms with van der Waals surface area (Å²) < 4.78 is 27.8. The molecule has 2 aliphatic rings. The van der Waals surface area contributed by atoms with E-state index in [4.69, 9.17) is 19.7 Å². The van der Waals surface area contributed by atoms with Gasteiger partial charge in [-0.05, 0) is 69.4 Å². The minimum atomic E-state index is -5.08. The van der Waals surface area contributed by atoms with Gasteiger partial charge in [0.2, 0.25) is 0 Å². The summed E-state index contributed by atoms with van der Waals surface area (Å²) in [5, 5.41) is 22.2. The van der Waals surface area contributed by atoms with Crippen molar-refractivity contribution in [3.05, 3.63) is 48.6 Å². The van der Waals surface area contributed by atoms with Gasteiger partial charge in [0.25, 0.3) is 0 Å². The molecule has 0 aromatic carbocycles. The molecule has 8 atom stereocenters. The molecule has 0 aromatic rings. The molecule has 0 bridgehead atoms. The number of phosphoric ester groups is 1. The maximum atomic E-state index is 12.2. The lowest BCUT2D eigenvalue weighted by atomic mass is 9.86. The van der Waals surface area contributed by atoms with Crippen molar-refractivity contribution < 1.29 is 48.2 Å².